The van der Waals surface area contributed by atoms with Crippen molar-refractivity contribution in [3.8, 4) is 0 Å². The lowest BCUT2D eigenvalue weighted by atomic mass is 9.91. The molecule has 2 aliphatic rings. The van der Waals surface area contributed by atoms with E-state index >= 15 is 0 Å². The van der Waals surface area contributed by atoms with E-state index in [1.165, 1.54) is 34.3 Å². The summed E-state index contributed by atoms with van der Waals surface area (Å²) in [6.07, 6.45) is 6.00. The highest BCUT2D eigenvalue weighted by atomic mass is 31.1. The summed E-state index contributed by atoms with van der Waals surface area (Å²) in [6.45, 7) is 9.78. The first-order chi connectivity index (χ1) is 7.08. The van der Waals surface area contributed by atoms with Crippen LogP contribution in [0.3, 0.4) is 0 Å². The summed E-state index contributed by atoms with van der Waals surface area (Å²) in [5.74, 6) is 4.12. The summed E-state index contributed by atoms with van der Waals surface area (Å²) in [5, 5.41) is 0. The van der Waals surface area contributed by atoms with Gasteiger partial charge in [-0.1, -0.05) is 40.5 Å². The average molecular weight is 226 g/mol. The van der Waals surface area contributed by atoms with Crippen LogP contribution in [-0.2, 0) is 0 Å². The molecule has 1 aliphatic carbocycles. The fourth-order valence-electron chi connectivity index (χ4n) is 3.01. The lowest BCUT2D eigenvalue weighted by Gasteiger charge is -2.15. The van der Waals surface area contributed by atoms with Gasteiger partial charge in [-0.15, -0.1) is 8.58 Å². The largest absolute Gasteiger partial charge is 0.115 e. The van der Waals surface area contributed by atoms with Gasteiger partial charge < -0.3 is 0 Å². The molecule has 1 heteroatoms. The Labute approximate surface area is 97.4 Å². The molecule has 0 aromatic carbocycles. The van der Waals surface area contributed by atoms with Crippen molar-refractivity contribution in [2.75, 3.05) is 0 Å². The van der Waals surface area contributed by atoms with Crippen LogP contribution in [-0.4, -0.2) is 11.3 Å². The van der Waals surface area contributed by atoms with Gasteiger partial charge in [0.05, 0.1) is 0 Å². The fraction of sp³-hybridized carbons (Fsp3) is 1.00. The molecule has 0 bridgehead atoms. The topological polar surface area (TPSA) is 0 Å². The van der Waals surface area contributed by atoms with Gasteiger partial charge in [0, 0.05) is 0 Å². The summed E-state index contributed by atoms with van der Waals surface area (Å²) in [7, 11) is 1.29. The quantitative estimate of drug-likeness (QED) is 0.583. The van der Waals surface area contributed by atoms with Crippen molar-refractivity contribution in [1.29, 1.82) is 0 Å². The summed E-state index contributed by atoms with van der Waals surface area (Å²) >= 11 is 0. The zero-order chi connectivity index (χ0) is 11.0. The van der Waals surface area contributed by atoms with E-state index in [9.17, 15) is 0 Å². The van der Waals surface area contributed by atoms with Crippen LogP contribution in [0.2, 0.25) is 0 Å². The molecule has 1 saturated heterocycles. The van der Waals surface area contributed by atoms with E-state index in [1.54, 1.807) is 0 Å². The van der Waals surface area contributed by atoms with Crippen molar-refractivity contribution in [3.63, 3.8) is 0 Å². The lowest BCUT2D eigenvalue weighted by molar-refractivity contribution is 0.377. The molecule has 0 nitrogen and oxygen atoms in total. The molecule has 0 N–H and O–H groups in total. The molecular weight excluding hydrogens is 199 g/mol. The normalized spacial score (nSPS) is 44.0. The molecule has 7 atom stereocenters. The van der Waals surface area contributed by atoms with E-state index in [0.29, 0.717) is 0 Å². The Bertz CT molecular complexity index is 213. The van der Waals surface area contributed by atoms with Gasteiger partial charge in [-0.25, -0.2) is 0 Å². The molecular formula is C14H27P. The van der Waals surface area contributed by atoms with E-state index < -0.39 is 0 Å². The maximum Gasteiger partial charge on any atom is -0.0169 e. The molecule has 7 unspecified atom stereocenters. The van der Waals surface area contributed by atoms with Crippen LogP contribution in [0, 0.1) is 23.7 Å². The average Bonchev–Trinajstić information content (AvgIpc) is 3.04. The predicted octanol–water partition coefficient (Wildman–Crippen LogP) is 4.53. The van der Waals surface area contributed by atoms with Crippen molar-refractivity contribution in [1.82, 2.24) is 0 Å². The highest BCUT2D eigenvalue weighted by molar-refractivity contribution is 7.48. The van der Waals surface area contributed by atoms with Gasteiger partial charge >= 0.3 is 0 Å². The van der Waals surface area contributed by atoms with Crippen molar-refractivity contribution in [3.05, 3.63) is 0 Å². The molecule has 0 aromatic heterocycles. The van der Waals surface area contributed by atoms with Crippen molar-refractivity contribution in [2.45, 2.75) is 64.7 Å². The van der Waals surface area contributed by atoms with Gasteiger partial charge in [0.2, 0.25) is 0 Å². The SMILES string of the molecule is CC(CCC(C)C1CC1C)CC1PC1C. The molecule has 1 saturated carbocycles. The van der Waals surface area contributed by atoms with Gasteiger partial charge in [0.15, 0.2) is 0 Å². The zero-order valence-electron chi connectivity index (χ0n) is 10.8. The Hall–Kier alpha value is 0.430. The van der Waals surface area contributed by atoms with Gasteiger partial charge in [0.25, 0.3) is 0 Å². The highest BCUT2D eigenvalue weighted by Gasteiger charge is 2.37. The van der Waals surface area contributed by atoms with Gasteiger partial charge in [0.1, 0.15) is 0 Å². The Morgan fingerprint density at radius 3 is 2.27 bits per heavy atom. The Kier molecular flexibility index (Phi) is 3.76. The molecule has 0 spiro atoms. The molecule has 15 heavy (non-hydrogen) atoms. The highest BCUT2D eigenvalue weighted by Crippen LogP contribution is 2.52. The van der Waals surface area contributed by atoms with Crippen LogP contribution in [0.5, 0.6) is 0 Å². The van der Waals surface area contributed by atoms with Crippen molar-refractivity contribution >= 4 is 8.58 Å². The molecule has 2 fully saturated rings. The van der Waals surface area contributed by atoms with Gasteiger partial charge in [-0.05, 0) is 47.8 Å². The lowest BCUT2D eigenvalue weighted by Crippen LogP contribution is -2.05. The van der Waals surface area contributed by atoms with Crippen LogP contribution in [0.15, 0.2) is 0 Å². The third-order valence-corrected chi connectivity index (χ3v) is 6.35. The second kappa shape index (κ2) is 4.74. The maximum absolute atomic E-state index is 2.47. The fourth-order valence-corrected chi connectivity index (χ4v) is 4.25. The Morgan fingerprint density at radius 2 is 1.80 bits per heavy atom. The van der Waals surface area contributed by atoms with Crippen LogP contribution < -0.4 is 0 Å². The Balaban J connectivity index is 1.56. The molecule has 0 amide bonds. The zero-order valence-corrected chi connectivity index (χ0v) is 11.8. The third-order valence-electron chi connectivity index (χ3n) is 4.65. The van der Waals surface area contributed by atoms with Crippen LogP contribution in [0.25, 0.3) is 0 Å². The van der Waals surface area contributed by atoms with Crippen LogP contribution in [0.1, 0.15) is 53.4 Å². The first-order valence-electron chi connectivity index (χ1n) is 6.84. The minimum absolute atomic E-state index is 0.990. The van der Waals surface area contributed by atoms with E-state index in [1.807, 2.05) is 0 Å². The minimum Gasteiger partial charge on any atom is -0.115 e. The second-order valence-corrected chi connectivity index (χ2v) is 8.32. The summed E-state index contributed by atoms with van der Waals surface area (Å²) < 4.78 is 0. The molecule has 88 valence electrons. The van der Waals surface area contributed by atoms with Crippen molar-refractivity contribution < 1.29 is 0 Å². The van der Waals surface area contributed by atoms with Crippen LogP contribution >= 0.6 is 8.58 Å². The third kappa shape index (κ3) is 3.45. The Morgan fingerprint density at radius 1 is 1.20 bits per heavy atom. The molecule has 0 aromatic rings. The summed E-state index contributed by atoms with van der Waals surface area (Å²) in [5.41, 5.74) is 2.20. The van der Waals surface area contributed by atoms with E-state index in [4.69, 9.17) is 0 Å². The molecule has 2 rings (SSSR count). The van der Waals surface area contributed by atoms with Gasteiger partial charge in [-0.3, -0.25) is 0 Å². The van der Waals surface area contributed by atoms with Crippen molar-refractivity contribution in [2.24, 2.45) is 23.7 Å². The molecule has 1 aliphatic heterocycles. The first-order valence-corrected chi connectivity index (χ1v) is 7.99. The van der Waals surface area contributed by atoms with E-state index in [2.05, 4.69) is 27.7 Å². The number of rotatable bonds is 6. The maximum atomic E-state index is 2.47. The molecule has 1 heterocycles. The van der Waals surface area contributed by atoms with Crippen LogP contribution in [0.4, 0.5) is 0 Å². The van der Waals surface area contributed by atoms with E-state index in [0.717, 1.165) is 35.0 Å². The monoisotopic (exact) mass is 226 g/mol. The second-order valence-electron chi connectivity index (χ2n) is 6.33. The summed E-state index contributed by atoms with van der Waals surface area (Å²) in [6, 6.07) is 0. The molecule has 0 radical (unpaired) electrons. The standard InChI is InChI=1S/C14H27P/c1-9(7-14-12(4)15-14)5-6-10(2)13-8-11(13)3/h9-15H,5-8H2,1-4H3. The first kappa shape index (κ1) is 11.9. The number of hydrogen-bond donors (Lipinski definition) is 0. The summed E-state index contributed by atoms with van der Waals surface area (Å²) in [4.78, 5) is 0. The number of hydrogen-bond acceptors (Lipinski definition) is 0. The minimum atomic E-state index is 0.990. The van der Waals surface area contributed by atoms with Gasteiger partial charge in [-0.2, -0.15) is 0 Å². The smallest absolute Gasteiger partial charge is 0.0169 e. The predicted molar refractivity (Wildman–Crippen MR) is 71.0 cm³/mol. The van der Waals surface area contributed by atoms with E-state index in [-0.39, 0.29) is 0 Å².